The molecule has 30 heavy (non-hydrogen) atoms. The smallest absolute Gasteiger partial charge is 0.416 e. The van der Waals surface area contributed by atoms with Gasteiger partial charge < -0.3 is 15.2 Å². The summed E-state index contributed by atoms with van der Waals surface area (Å²) < 4.78 is 52.3. The van der Waals surface area contributed by atoms with Crippen LogP contribution in [0.25, 0.3) is 10.8 Å². The molecule has 1 aliphatic heterocycles. The zero-order chi connectivity index (χ0) is 21.5. The molecule has 7 heteroatoms. The largest absolute Gasteiger partial charge is 0.462 e. The Labute approximate surface area is 170 Å². The van der Waals surface area contributed by atoms with Crippen molar-refractivity contribution in [2.45, 2.75) is 19.0 Å². The van der Waals surface area contributed by atoms with Gasteiger partial charge in [0.1, 0.15) is 11.3 Å². The van der Waals surface area contributed by atoms with Crippen molar-refractivity contribution in [1.82, 2.24) is 0 Å². The predicted molar refractivity (Wildman–Crippen MR) is 106 cm³/mol. The van der Waals surface area contributed by atoms with Gasteiger partial charge in [-0.3, -0.25) is 0 Å². The van der Waals surface area contributed by atoms with Crippen molar-refractivity contribution in [1.29, 1.82) is 0 Å². The molecule has 0 bridgehead atoms. The molecule has 2 N–H and O–H groups in total. The minimum atomic E-state index is -4.61. The van der Waals surface area contributed by atoms with Crippen LogP contribution in [0.2, 0.25) is 0 Å². The molecule has 0 fully saturated rings. The summed E-state index contributed by atoms with van der Waals surface area (Å²) in [4.78, 5) is 12.7. The number of esters is 1. The Morgan fingerprint density at radius 2 is 1.73 bits per heavy atom. The Morgan fingerprint density at radius 1 is 1.03 bits per heavy atom. The van der Waals surface area contributed by atoms with Crippen LogP contribution in [0.3, 0.4) is 0 Å². The first-order valence-electron chi connectivity index (χ1n) is 9.35. The Kier molecular flexibility index (Phi) is 4.89. The lowest BCUT2D eigenvalue weighted by molar-refractivity contribution is -0.140. The Hall–Kier alpha value is -3.48. The summed E-state index contributed by atoms with van der Waals surface area (Å²) in [6, 6.07) is 15.9. The SMILES string of the molecule is CCOC(=O)C1=C(N)Oc2c(ccc3ccccc23)C1c1ccccc1C(F)(F)F. The van der Waals surface area contributed by atoms with Gasteiger partial charge >= 0.3 is 12.1 Å². The number of alkyl halides is 3. The Morgan fingerprint density at radius 3 is 2.47 bits per heavy atom. The normalized spacial score (nSPS) is 16.2. The number of nitrogens with two attached hydrogens (primary N) is 1. The second kappa shape index (κ2) is 7.40. The number of benzene rings is 3. The monoisotopic (exact) mass is 413 g/mol. The van der Waals surface area contributed by atoms with Gasteiger partial charge in [-0.25, -0.2) is 4.79 Å². The highest BCUT2D eigenvalue weighted by Crippen LogP contribution is 2.48. The maximum absolute atomic E-state index is 13.8. The standard InChI is InChI=1S/C23H18F3NO3/c1-2-29-22(28)19-18(15-9-5-6-10-17(15)23(24,25)26)16-12-11-13-7-3-4-8-14(13)20(16)30-21(19)27/h3-12,18H,2,27H2,1H3. The van der Waals surface area contributed by atoms with Crippen molar-refractivity contribution >= 4 is 16.7 Å². The molecule has 1 unspecified atom stereocenters. The van der Waals surface area contributed by atoms with E-state index in [0.29, 0.717) is 16.7 Å². The molecule has 3 aromatic rings. The Balaban J connectivity index is 2.03. The second-order valence-corrected chi connectivity index (χ2v) is 6.82. The topological polar surface area (TPSA) is 61.5 Å². The van der Waals surface area contributed by atoms with E-state index in [9.17, 15) is 18.0 Å². The number of hydrogen-bond donors (Lipinski definition) is 1. The molecule has 0 saturated heterocycles. The van der Waals surface area contributed by atoms with Crippen LogP contribution >= 0.6 is 0 Å². The van der Waals surface area contributed by atoms with E-state index in [0.717, 1.165) is 11.5 Å². The fourth-order valence-corrected chi connectivity index (χ4v) is 3.82. The lowest BCUT2D eigenvalue weighted by atomic mass is 9.80. The van der Waals surface area contributed by atoms with Crippen molar-refractivity contribution in [3.05, 3.63) is 88.8 Å². The first-order chi connectivity index (χ1) is 14.3. The summed E-state index contributed by atoms with van der Waals surface area (Å²) in [6.45, 7) is 1.66. The zero-order valence-electron chi connectivity index (χ0n) is 16.0. The first-order valence-corrected chi connectivity index (χ1v) is 9.35. The van der Waals surface area contributed by atoms with Gasteiger partial charge in [0, 0.05) is 10.9 Å². The van der Waals surface area contributed by atoms with E-state index >= 15 is 0 Å². The third kappa shape index (κ3) is 3.26. The molecule has 1 atom stereocenters. The second-order valence-electron chi connectivity index (χ2n) is 6.82. The maximum Gasteiger partial charge on any atom is 0.416 e. The van der Waals surface area contributed by atoms with Gasteiger partial charge in [-0.1, -0.05) is 54.6 Å². The number of rotatable bonds is 3. The van der Waals surface area contributed by atoms with Crippen LogP contribution in [0.5, 0.6) is 5.75 Å². The van der Waals surface area contributed by atoms with Crippen molar-refractivity contribution in [2.24, 2.45) is 5.73 Å². The number of fused-ring (bicyclic) bond motifs is 3. The van der Waals surface area contributed by atoms with E-state index in [1.807, 2.05) is 12.1 Å². The molecule has 0 saturated carbocycles. The molecular formula is C23H18F3NO3. The van der Waals surface area contributed by atoms with E-state index in [2.05, 4.69) is 0 Å². The fourth-order valence-electron chi connectivity index (χ4n) is 3.82. The molecule has 1 heterocycles. The quantitative estimate of drug-likeness (QED) is 0.606. The highest BCUT2D eigenvalue weighted by Gasteiger charge is 2.41. The first kappa shape index (κ1) is 19.8. The maximum atomic E-state index is 13.8. The van der Waals surface area contributed by atoms with Gasteiger partial charge in [0.2, 0.25) is 5.88 Å². The lowest BCUT2D eigenvalue weighted by Gasteiger charge is -2.30. The van der Waals surface area contributed by atoms with E-state index in [1.165, 1.54) is 18.2 Å². The molecule has 0 aromatic heterocycles. The van der Waals surface area contributed by atoms with Gasteiger partial charge in [-0.2, -0.15) is 13.2 Å². The number of carbonyl (C=O) groups is 1. The highest BCUT2D eigenvalue weighted by molar-refractivity contribution is 5.96. The fraction of sp³-hybridized carbons (Fsp3) is 0.174. The van der Waals surface area contributed by atoms with E-state index in [1.54, 1.807) is 31.2 Å². The summed E-state index contributed by atoms with van der Waals surface area (Å²) in [5.74, 6) is -1.83. The third-order valence-electron chi connectivity index (χ3n) is 5.06. The van der Waals surface area contributed by atoms with E-state index < -0.39 is 23.6 Å². The van der Waals surface area contributed by atoms with Crippen molar-refractivity contribution in [2.75, 3.05) is 6.61 Å². The van der Waals surface area contributed by atoms with E-state index in [-0.39, 0.29) is 23.6 Å². The third-order valence-corrected chi connectivity index (χ3v) is 5.06. The lowest BCUT2D eigenvalue weighted by Crippen LogP contribution is -2.28. The average molecular weight is 413 g/mol. The van der Waals surface area contributed by atoms with Crippen LogP contribution in [0.4, 0.5) is 13.2 Å². The van der Waals surface area contributed by atoms with Crippen molar-refractivity contribution < 1.29 is 27.4 Å². The zero-order valence-corrected chi connectivity index (χ0v) is 16.0. The van der Waals surface area contributed by atoms with Crippen molar-refractivity contribution in [3.8, 4) is 5.75 Å². The summed E-state index contributed by atoms with van der Waals surface area (Å²) in [6.07, 6.45) is -4.61. The molecule has 0 radical (unpaired) electrons. The number of hydrogen-bond acceptors (Lipinski definition) is 4. The number of halogens is 3. The predicted octanol–water partition coefficient (Wildman–Crippen LogP) is 5.12. The van der Waals surface area contributed by atoms with Crippen LogP contribution in [0, 0.1) is 0 Å². The molecule has 0 amide bonds. The van der Waals surface area contributed by atoms with Crippen LogP contribution < -0.4 is 10.5 Å². The van der Waals surface area contributed by atoms with Crippen LogP contribution in [0.15, 0.2) is 72.1 Å². The van der Waals surface area contributed by atoms with Gasteiger partial charge in [-0.05, 0) is 23.9 Å². The minimum absolute atomic E-state index is 0.0494. The molecule has 3 aromatic carbocycles. The highest BCUT2D eigenvalue weighted by atomic mass is 19.4. The van der Waals surface area contributed by atoms with Gasteiger partial charge in [-0.15, -0.1) is 0 Å². The molecule has 154 valence electrons. The van der Waals surface area contributed by atoms with Gasteiger partial charge in [0.05, 0.1) is 18.1 Å². The summed E-state index contributed by atoms with van der Waals surface area (Å²) in [5, 5.41) is 1.53. The van der Waals surface area contributed by atoms with Gasteiger partial charge in [0.25, 0.3) is 0 Å². The molecule has 0 aliphatic carbocycles. The number of carbonyl (C=O) groups excluding carboxylic acids is 1. The van der Waals surface area contributed by atoms with Crippen LogP contribution in [-0.2, 0) is 15.7 Å². The molecular weight excluding hydrogens is 395 g/mol. The Bertz CT molecular complexity index is 1170. The molecule has 1 aliphatic rings. The summed E-state index contributed by atoms with van der Waals surface area (Å²) in [5.41, 5.74) is 5.43. The minimum Gasteiger partial charge on any atom is -0.462 e. The van der Waals surface area contributed by atoms with Crippen molar-refractivity contribution in [3.63, 3.8) is 0 Å². The average Bonchev–Trinajstić information content (AvgIpc) is 2.72. The summed E-state index contributed by atoms with van der Waals surface area (Å²) in [7, 11) is 0. The summed E-state index contributed by atoms with van der Waals surface area (Å²) >= 11 is 0. The molecule has 4 rings (SSSR count). The molecule has 0 spiro atoms. The van der Waals surface area contributed by atoms with Crippen LogP contribution in [0.1, 0.15) is 29.5 Å². The van der Waals surface area contributed by atoms with E-state index in [4.69, 9.17) is 15.2 Å². The number of ether oxygens (including phenoxy) is 2. The van der Waals surface area contributed by atoms with Crippen LogP contribution in [-0.4, -0.2) is 12.6 Å². The van der Waals surface area contributed by atoms with Gasteiger partial charge in [0.15, 0.2) is 0 Å². The molecule has 4 nitrogen and oxygen atoms in total.